The Morgan fingerprint density at radius 1 is 0.278 bits per heavy atom. The number of rotatable bonds is 12. The number of hydrogen-bond donors (Lipinski definition) is 3. The van der Waals surface area contributed by atoms with Crippen molar-refractivity contribution in [2.24, 2.45) is 0 Å². The highest BCUT2D eigenvalue weighted by Crippen LogP contribution is 2.28. The SMILES string of the molecule is Nc1ccc(Oc2ccc(C(=O)c3cc(C(=O)c4ccc(Oc5ccc(N)cc5)cc4)cc(C(=O)c4ccc(Oc5ccc(N)cc5)cc4)c3)cc2)cc1. The Bertz CT molecular complexity index is 2150. The van der Waals surface area contributed by atoms with Crippen LogP contribution in [0.25, 0.3) is 0 Å². The lowest BCUT2D eigenvalue weighted by Gasteiger charge is -2.11. The van der Waals surface area contributed by atoms with Crippen molar-refractivity contribution in [3.8, 4) is 34.5 Å². The summed E-state index contributed by atoms with van der Waals surface area (Å²) in [5.74, 6) is 2.19. The van der Waals surface area contributed by atoms with Crippen LogP contribution in [0.3, 0.4) is 0 Å². The van der Waals surface area contributed by atoms with Crippen LogP contribution in [0.4, 0.5) is 17.1 Å². The fourth-order valence-corrected chi connectivity index (χ4v) is 5.56. The van der Waals surface area contributed by atoms with E-state index in [0.717, 1.165) is 0 Å². The summed E-state index contributed by atoms with van der Waals surface area (Å²) in [6.07, 6.45) is 0. The van der Waals surface area contributed by atoms with Crippen molar-refractivity contribution < 1.29 is 28.6 Å². The molecule has 0 saturated heterocycles. The molecule has 0 saturated carbocycles. The van der Waals surface area contributed by atoms with Crippen LogP contribution in [0, 0.1) is 0 Å². The van der Waals surface area contributed by atoms with E-state index in [0.29, 0.717) is 68.2 Å². The van der Waals surface area contributed by atoms with Gasteiger partial charge in [0.2, 0.25) is 0 Å². The molecule has 0 atom stereocenters. The average Bonchev–Trinajstić information content (AvgIpc) is 3.20. The number of carbonyl (C=O) groups excluding carboxylic acids is 3. The molecule has 0 amide bonds. The van der Waals surface area contributed by atoms with E-state index >= 15 is 0 Å². The second-order valence-corrected chi connectivity index (χ2v) is 12.4. The van der Waals surface area contributed by atoms with Crippen molar-refractivity contribution >= 4 is 34.4 Å². The lowest BCUT2D eigenvalue weighted by Crippen LogP contribution is -2.10. The second kappa shape index (κ2) is 15.3. The lowest BCUT2D eigenvalue weighted by molar-refractivity contribution is 0.103. The summed E-state index contributed by atoms with van der Waals surface area (Å²) in [4.78, 5) is 41.8. The molecule has 0 bridgehead atoms. The van der Waals surface area contributed by atoms with Gasteiger partial charge in [0, 0.05) is 50.4 Å². The van der Waals surface area contributed by atoms with Gasteiger partial charge in [-0.2, -0.15) is 0 Å². The zero-order valence-corrected chi connectivity index (χ0v) is 28.8. The summed E-state index contributed by atoms with van der Waals surface area (Å²) in [7, 11) is 0. The van der Waals surface area contributed by atoms with Crippen LogP contribution in [-0.4, -0.2) is 17.3 Å². The van der Waals surface area contributed by atoms with Gasteiger partial charge in [-0.3, -0.25) is 14.4 Å². The Morgan fingerprint density at radius 3 is 0.667 bits per heavy atom. The predicted octanol–water partition coefficient (Wildman–Crippen LogP) is 9.50. The number of nitrogen functional groups attached to an aromatic ring is 3. The van der Waals surface area contributed by atoms with Gasteiger partial charge in [0.1, 0.15) is 34.5 Å². The molecule has 0 aliphatic rings. The van der Waals surface area contributed by atoms with Crippen molar-refractivity contribution in [3.63, 3.8) is 0 Å². The van der Waals surface area contributed by atoms with Gasteiger partial charge >= 0.3 is 0 Å². The zero-order chi connectivity index (χ0) is 37.6. The standard InChI is InChI=1S/C45H33N3O6/c46-34-7-19-40(20-8-34)52-37-13-1-28(2-14-37)43(49)31-25-32(44(50)29-3-15-38(16-4-29)53-41-21-9-35(47)10-22-41)27-33(26-31)45(51)30-5-17-39(18-6-30)54-42-23-11-36(48)12-24-42/h1-27H,46-48H2. The molecule has 0 aliphatic heterocycles. The third-order valence-electron chi connectivity index (χ3n) is 8.42. The Balaban J connectivity index is 1.17. The fraction of sp³-hybridized carbons (Fsp3) is 0. The molecular formula is C45H33N3O6. The van der Waals surface area contributed by atoms with Gasteiger partial charge in [-0.05, 0) is 164 Å². The van der Waals surface area contributed by atoms with Crippen molar-refractivity contribution in [1.82, 2.24) is 0 Å². The molecule has 54 heavy (non-hydrogen) atoms. The summed E-state index contributed by atoms with van der Waals surface area (Å²) < 4.78 is 17.6. The molecule has 0 radical (unpaired) electrons. The molecule has 0 heterocycles. The van der Waals surface area contributed by atoms with E-state index in [1.807, 2.05) is 0 Å². The van der Waals surface area contributed by atoms with Gasteiger partial charge in [0.15, 0.2) is 17.3 Å². The molecule has 0 fully saturated rings. The highest BCUT2D eigenvalue weighted by molar-refractivity contribution is 6.17. The number of ether oxygens (including phenoxy) is 3. The van der Waals surface area contributed by atoms with Gasteiger partial charge in [0.25, 0.3) is 0 Å². The van der Waals surface area contributed by atoms with Crippen molar-refractivity contribution in [2.75, 3.05) is 17.2 Å². The molecule has 9 heteroatoms. The third kappa shape index (κ3) is 8.28. The molecule has 0 unspecified atom stereocenters. The van der Waals surface area contributed by atoms with Gasteiger partial charge in [0.05, 0.1) is 0 Å². The minimum Gasteiger partial charge on any atom is -0.457 e. The Labute approximate surface area is 311 Å². The van der Waals surface area contributed by atoms with Gasteiger partial charge in [-0.25, -0.2) is 0 Å². The normalized spacial score (nSPS) is 10.7. The van der Waals surface area contributed by atoms with Crippen molar-refractivity contribution in [1.29, 1.82) is 0 Å². The first kappa shape index (κ1) is 34.8. The summed E-state index contributed by atoms with van der Waals surface area (Å²) in [6.45, 7) is 0. The summed E-state index contributed by atoms with van der Waals surface area (Å²) >= 11 is 0. The molecule has 7 aromatic rings. The van der Waals surface area contributed by atoms with Crippen molar-refractivity contribution in [2.45, 2.75) is 0 Å². The molecule has 9 nitrogen and oxygen atoms in total. The quantitative estimate of drug-likeness (QED) is 0.0829. The van der Waals surface area contributed by atoms with Crippen LogP contribution in [0.15, 0.2) is 164 Å². The van der Waals surface area contributed by atoms with Gasteiger partial charge in [-0.1, -0.05) is 0 Å². The monoisotopic (exact) mass is 711 g/mol. The second-order valence-electron chi connectivity index (χ2n) is 12.4. The van der Waals surface area contributed by atoms with E-state index in [9.17, 15) is 14.4 Å². The molecule has 7 aromatic carbocycles. The Hall–Kier alpha value is -7.65. The third-order valence-corrected chi connectivity index (χ3v) is 8.42. The first-order chi connectivity index (χ1) is 26.2. The molecular weight excluding hydrogens is 679 g/mol. The molecule has 264 valence electrons. The number of hydrogen-bond acceptors (Lipinski definition) is 9. The largest absolute Gasteiger partial charge is 0.457 e. The maximum Gasteiger partial charge on any atom is 0.193 e. The van der Waals surface area contributed by atoms with E-state index in [4.69, 9.17) is 31.4 Å². The van der Waals surface area contributed by atoms with E-state index in [2.05, 4.69) is 0 Å². The number of benzene rings is 7. The Morgan fingerprint density at radius 2 is 0.463 bits per heavy atom. The topological polar surface area (TPSA) is 157 Å². The van der Waals surface area contributed by atoms with E-state index < -0.39 is 0 Å². The smallest absolute Gasteiger partial charge is 0.193 e. The highest BCUT2D eigenvalue weighted by atomic mass is 16.5. The number of carbonyl (C=O) groups is 3. The highest BCUT2D eigenvalue weighted by Gasteiger charge is 2.20. The molecule has 0 spiro atoms. The molecule has 6 N–H and O–H groups in total. The molecule has 0 aliphatic carbocycles. The lowest BCUT2D eigenvalue weighted by atomic mass is 9.92. The average molecular weight is 712 g/mol. The number of nitrogens with two attached hydrogens (primary N) is 3. The maximum atomic E-state index is 13.9. The number of anilines is 3. The van der Waals surface area contributed by atoms with Crippen LogP contribution in [0.2, 0.25) is 0 Å². The van der Waals surface area contributed by atoms with Crippen LogP contribution >= 0.6 is 0 Å². The van der Waals surface area contributed by atoms with Crippen LogP contribution in [0.5, 0.6) is 34.5 Å². The predicted molar refractivity (Wildman–Crippen MR) is 209 cm³/mol. The minimum atomic E-state index is -0.378. The van der Waals surface area contributed by atoms with Gasteiger partial charge in [-0.15, -0.1) is 0 Å². The zero-order valence-electron chi connectivity index (χ0n) is 28.8. The van der Waals surface area contributed by atoms with Crippen LogP contribution in [-0.2, 0) is 0 Å². The molecule has 0 aromatic heterocycles. The first-order valence-electron chi connectivity index (χ1n) is 16.9. The Kier molecular flexibility index (Phi) is 9.86. The summed E-state index contributed by atoms with van der Waals surface area (Å²) in [5, 5.41) is 0. The number of ketones is 3. The van der Waals surface area contributed by atoms with Crippen LogP contribution in [0.1, 0.15) is 47.8 Å². The van der Waals surface area contributed by atoms with Crippen molar-refractivity contribution in [3.05, 3.63) is 197 Å². The van der Waals surface area contributed by atoms with E-state index in [1.54, 1.807) is 146 Å². The summed E-state index contributed by atoms with van der Waals surface area (Å²) in [6, 6.07) is 45.2. The fourth-order valence-electron chi connectivity index (χ4n) is 5.56. The van der Waals surface area contributed by atoms with E-state index in [-0.39, 0.29) is 34.0 Å². The minimum absolute atomic E-state index is 0.169. The van der Waals surface area contributed by atoms with E-state index in [1.165, 1.54) is 18.2 Å². The summed E-state index contributed by atoms with van der Waals surface area (Å²) in [5.41, 5.74) is 20.7. The molecule has 7 rings (SSSR count). The maximum absolute atomic E-state index is 13.9. The van der Waals surface area contributed by atoms with Gasteiger partial charge < -0.3 is 31.4 Å². The first-order valence-corrected chi connectivity index (χ1v) is 16.9. The van der Waals surface area contributed by atoms with Crippen LogP contribution < -0.4 is 31.4 Å².